The molecule has 3 aromatic carbocycles. The highest BCUT2D eigenvalue weighted by Crippen LogP contribution is 2.26. The number of rotatable bonds is 2. The van der Waals surface area contributed by atoms with E-state index in [0.717, 1.165) is 6.42 Å². The Hall–Kier alpha value is -2.97. The Morgan fingerprint density at radius 1 is 0.800 bits per heavy atom. The molecule has 0 aliphatic carbocycles. The van der Waals surface area contributed by atoms with Gasteiger partial charge in [0.1, 0.15) is 7.05 Å². The molecule has 0 saturated carbocycles. The zero-order valence-electron chi connectivity index (χ0n) is 15.9. The summed E-state index contributed by atoms with van der Waals surface area (Å²) in [6.45, 7) is 0. The van der Waals surface area contributed by atoms with E-state index in [1.807, 2.05) is 0 Å². The Kier molecular flexibility index (Phi) is 6.09. The molecule has 0 aliphatic rings. The van der Waals surface area contributed by atoms with Crippen molar-refractivity contribution in [3.8, 4) is 0 Å². The number of para-hydroxylation sites is 2. The molecule has 4 rings (SSSR count). The van der Waals surface area contributed by atoms with Gasteiger partial charge in [0.05, 0.1) is 10.8 Å². The van der Waals surface area contributed by atoms with E-state index in [1.54, 1.807) is 0 Å². The van der Waals surface area contributed by atoms with Gasteiger partial charge >= 0.3 is 5.51 Å². The number of hydrogen-bond donors (Lipinski definition) is 0. The molecule has 8 heteroatoms. The lowest BCUT2D eigenvalue weighted by atomic mass is 9.96. The molecule has 0 N–H and O–H groups in total. The average Bonchev–Trinajstić information content (AvgIpc) is 2.71. The second-order valence-corrected chi connectivity index (χ2v) is 8.01. The van der Waals surface area contributed by atoms with Crippen molar-refractivity contribution < 1.29 is 30.7 Å². The molecule has 0 amide bonds. The van der Waals surface area contributed by atoms with Crippen molar-refractivity contribution >= 4 is 31.9 Å². The van der Waals surface area contributed by atoms with Crippen molar-refractivity contribution in [1.82, 2.24) is 0 Å². The monoisotopic (exact) mass is 433 g/mol. The molecule has 4 nitrogen and oxygen atoms in total. The quantitative estimate of drug-likeness (QED) is 0.203. The minimum Gasteiger partial charge on any atom is -0.741 e. The lowest BCUT2D eigenvalue weighted by Gasteiger charge is -2.10. The Balaban J connectivity index is 0.000000275. The van der Waals surface area contributed by atoms with Gasteiger partial charge in [0.25, 0.3) is 0 Å². The average molecular weight is 433 g/mol. The van der Waals surface area contributed by atoms with Crippen molar-refractivity contribution in [3.05, 3.63) is 90.0 Å². The lowest BCUT2D eigenvalue weighted by molar-refractivity contribution is -0.617. The number of hydrogen-bond acceptors (Lipinski definition) is 3. The van der Waals surface area contributed by atoms with Crippen molar-refractivity contribution in [2.45, 2.75) is 11.9 Å². The third kappa shape index (κ3) is 4.60. The van der Waals surface area contributed by atoms with E-state index in [0.29, 0.717) is 0 Å². The van der Waals surface area contributed by atoms with Crippen LogP contribution in [0.3, 0.4) is 0 Å². The van der Waals surface area contributed by atoms with Crippen LogP contribution in [0.4, 0.5) is 13.2 Å². The molecular formula is C22H18F3NO3S. The fourth-order valence-corrected chi connectivity index (χ4v) is 3.31. The molecule has 0 radical (unpaired) electrons. The van der Waals surface area contributed by atoms with E-state index < -0.39 is 15.6 Å². The summed E-state index contributed by atoms with van der Waals surface area (Å²) in [6, 6.07) is 28.1. The largest absolute Gasteiger partial charge is 0.741 e. The molecule has 0 fully saturated rings. The van der Waals surface area contributed by atoms with Gasteiger partial charge in [-0.15, -0.1) is 0 Å². The number of nitrogens with zero attached hydrogens (tertiary/aromatic N) is 1. The van der Waals surface area contributed by atoms with Crippen molar-refractivity contribution in [2.75, 3.05) is 0 Å². The number of pyridine rings is 1. The van der Waals surface area contributed by atoms with E-state index in [1.165, 1.54) is 32.9 Å². The highest BCUT2D eigenvalue weighted by atomic mass is 32.2. The van der Waals surface area contributed by atoms with E-state index in [2.05, 4.69) is 90.5 Å². The summed E-state index contributed by atoms with van der Waals surface area (Å²) in [6.07, 6.45) is 0.961. The Labute approximate surface area is 172 Å². The normalized spacial score (nSPS) is 11.9. The Morgan fingerprint density at radius 2 is 1.20 bits per heavy atom. The number of fused-ring (bicyclic) bond motifs is 2. The summed E-state index contributed by atoms with van der Waals surface area (Å²) in [5.74, 6) is 0. The van der Waals surface area contributed by atoms with Gasteiger partial charge in [-0.3, -0.25) is 0 Å². The highest BCUT2D eigenvalue weighted by molar-refractivity contribution is 7.86. The van der Waals surface area contributed by atoms with Gasteiger partial charge in [0.15, 0.2) is 10.1 Å². The van der Waals surface area contributed by atoms with Gasteiger partial charge in [0, 0.05) is 12.1 Å². The molecule has 1 heterocycles. The van der Waals surface area contributed by atoms with Crippen LogP contribution in [0.1, 0.15) is 11.1 Å². The number of aryl methyl sites for hydroxylation is 1. The van der Waals surface area contributed by atoms with Crippen molar-refractivity contribution in [1.29, 1.82) is 0 Å². The van der Waals surface area contributed by atoms with Crippen LogP contribution in [0.25, 0.3) is 21.8 Å². The first kappa shape index (κ1) is 21.7. The maximum Gasteiger partial charge on any atom is 0.485 e. The fraction of sp³-hybridized carbons (Fsp3) is 0.136. The summed E-state index contributed by atoms with van der Waals surface area (Å²) in [5.41, 5.74) is -0.311. The Morgan fingerprint density at radius 3 is 1.63 bits per heavy atom. The van der Waals surface area contributed by atoms with E-state index in [4.69, 9.17) is 13.0 Å². The first-order valence-electron chi connectivity index (χ1n) is 8.94. The zero-order chi connectivity index (χ0) is 21.9. The molecule has 0 saturated heterocycles. The number of alkyl halides is 3. The predicted octanol–water partition coefficient (Wildman–Crippen LogP) is 4.46. The van der Waals surface area contributed by atoms with Gasteiger partial charge in [0.2, 0.25) is 11.0 Å². The number of benzene rings is 3. The molecule has 0 unspecified atom stereocenters. The molecule has 0 atom stereocenters. The standard InChI is InChI=1S/C21H18N.CHF3O3S/c1-22-20-13-7-5-11-17(20)19(15-16-9-3-2-4-10-16)18-12-6-8-14-21(18)22;2-1(3,4)8(5,6)7/h2-14H,15H2,1H3;(H,5,6,7)/q+1;/p-1. The van der Waals surface area contributed by atoms with Crippen LogP contribution >= 0.6 is 0 Å². The smallest absolute Gasteiger partial charge is 0.485 e. The van der Waals surface area contributed by atoms with E-state index >= 15 is 0 Å². The highest BCUT2D eigenvalue weighted by Gasteiger charge is 2.36. The summed E-state index contributed by atoms with van der Waals surface area (Å²) in [7, 11) is -3.94. The second kappa shape index (κ2) is 8.41. The van der Waals surface area contributed by atoms with Gasteiger partial charge in [-0.25, -0.2) is 8.42 Å². The molecule has 1 aromatic heterocycles. The summed E-state index contributed by atoms with van der Waals surface area (Å²) >= 11 is 0. The maximum absolute atomic E-state index is 10.7. The van der Waals surface area contributed by atoms with Gasteiger partial charge < -0.3 is 4.55 Å². The van der Waals surface area contributed by atoms with Crippen LogP contribution in [0.5, 0.6) is 0 Å². The van der Waals surface area contributed by atoms with Crippen LogP contribution in [0, 0.1) is 0 Å². The lowest BCUT2D eigenvalue weighted by Crippen LogP contribution is -2.30. The molecular weight excluding hydrogens is 415 g/mol. The number of halogens is 3. The minimum atomic E-state index is -6.09. The van der Waals surface area contributed by atoms with Crippen LogP contribution in [-0.4, -0.2) is 18.5 Å². The van der Waals surface area contributed by atoms with Gasteiger partial charge in [-0.2, -0.15) is 17.7 Å². The molecule has 30 heavy (non-hydrogen) atoms. The van der Waals surface area contributed by atoms with Gasteiger partial charge in [-0.05, 0) is 29.7 Å². The van der Waals surface area contributed by atoms with Gasteiger partial charge in [-0.1, -0.05) is 54.6 Å². The second-order valence-electron chi connectivity index (χ2n) is 6.63. The third-order valence-corrected chi connectivity index (χ3v) is 5.26. The molecule has 0 bridgehead atoms. The van der Waals surface area contributed by atoms with E-state index in [9.17, 15) is 13.2 Å². The first-order valence-corrected chi connectivity index (χ1v) is 10.3. The third-order valence-electron chi connectivity index (χ3n) is 4.69. The van der Waals surface area contributed by atoms with E-state index in [-0.39, 0.29) is 0 Å². The molecule has 0 aliphatic heterocycles. The van der Waals surface area contributed by atoms with Crippen LogP contribution in [-0.2, 0) is 23.6 Å². The first-order chi connectivity index (χ1) is 14.1. The maximum atomic E-state index is 10.7. The summed E-state index contributed by atoms with van der Waals surface area (Å²) in [5, 5.41) is 2.68. The molecule has 0 spiro atoms. The number of aromatic nitrogens is 1. The summed E-state index contributed by atoms with van der Waals surface area (Å²) < 4.78 is 61.2. The van der Waals surface area contributed by atoms with Crippen molar-refractivity contribution in [3.63, 3.8) is 0 Å². The Bertz CT molecular complexity index is 1230. The SMILES string of the molecule is C[n+]1c2ccccc2c(Cc2ccccc2)c2ccccc21.O=S(=O)([O-])C(F)(F)F. The summed E-state index contributed by atoms with van der Waals surface area (Å²) in [4.78, 5) is 0. The zero-order valence-corrected chi connectivity index (χ0v) is 16.7. The van der Waals surface area contributed by atoms with Crippen molar-refractivity contribution in [2.24, 2.45) is 7.05 Å². The molecule has 4 aromatic rings. The fourth-order valence-electron chi connectivity index (χ4n) is 3.31. The predicted molar refractivity (Wildman–Crippen MR) is 108 cm³/mol. The minimum absolute atomic E-state index is 0.961. The van der Waals surface area contributed by atoms with Crippen LogP contribution in [0.15, 0.2) is 78.9 Å². The molecule has 156 valence electrons. The van der Waals surface area contributed by atoms with Crippen LogP contribution in [0.2, 0.25) is 0 Å². The van der Waals surface area contributed by atoms with Crippen LogP contribution < -0.4 is 4.57 Å². The topological polar surface area (TPSA) is 61.1 Å².